The molecule has 2 aromatic heterocycles. The Morgan fingerprint density at radius 1 is 1.04 bits per heavy atom. The summed E-state index contributed by atoms with van der Waals surface area (Å²) in [7, 11) is 0. The van der Waals surface area contributed by atoms with Gasteiger partial charge in [0.2, 0.25) is 0 Å². The Hall–Kier alpha value is -2.31. The zero-order valence-electron chi connectivity index (χ0n) is 15.9. The lowest BCUT2D eigenvalue weighted by molar-refractivity contribution is 0.190. The standard InChI is InChI=1S/C20H28N6O/c27-20(22-15-5-1-2-6-15)25-13-11-24(12-14-25)19-18-16-7-3-4-8-17(16)23-26(18)10-9-21-19/h9-10,15H,1-8,11-14H2,(H,22,27). The van der Waals surface area contributed by atoms with Gasteiger partial charge in [0.25, 0.3) is 0 Å². The molecule has 7 heteroatoms. The molecule has 2 aromatic rings. The maximum absolute atomic E-state index is 12.5. The van der Waals surface area contributed by atoms with Crippen molar-refractivity contribution in [1.29, 1.82) is 0 Å². The number of fused-ring (bicyclic) bond motifs is 3. The molecular weight excluding hydrogens is 340 g/mol. The third-order valence-corrected chi connectivity index (χ3v) is 6.35. The van der Waals surface area contributed by atoms with Gasteiger partial charge in [-0.1, -0.05) is 12.8 Å². The van der Waals surface area contributed by atoms with E-state index in [4.69, 9.17) is 10.1 Å². The minimum absolute atomic E-state index is 0.106. The number of piperazine rings is 1. The molecule has 1 saturated heterocycles. The van der Waals surface area contributed by atoms with Gasteiger partial charge in [-0.3, -0.25) is 0 Å². The van der Waals surface area contributed by atoms with Crippen molar-refractivity contribution in [2.45, 2.75) is 57.4 Å². The molecule has 0 atom stereocenters. The predicted molar refractivity (Wildman–Crippen MR) is 104 cm³/mol. The molecule has 1 aliphatic heterocycles. The summed E-state index contributed by atoms with van der Waals surface area (Å²) in [6, 6.07) is 0.485. The van der Waals surface area contributed by atoms with Gasteiger partial charge in [-0.2, -0.15) is 5.10 Å². The summed E-state index contributed by atoms with van der Waals surface area (Å²) in [5.74, 6) is 1.03. The van der Waals surface area contributed by atoms with Gasteiger partial charge in [-0.15, -0.1) is 0 Å². The van der Waals surface area contributed by atoms with Gasteiger partial charge in [0.15, 0.2) is 5.82 Å². The molecule has 5 rings (SSSR count). The lowest BCUT2D eigenvalue weighted by atomic mass is 9.97. The van der Waals surface area contributed by atoms with Gasteiger partial charge in [-0.05, 0) is 38.5 Å². The number of carbonyl (C=O) groups excluding carboxylic acids is 1. The van der Waals surface area contributed by atoms with Crippen LogP contribution in [0, 0.1) is 0 Å². The van der Waals surface area contributed by atoms with E-state index in [2.05, 4.69) is 10.2 Å². The molecule has 3 heterocycles. The molecule has 144 valence electrons. The lowest BCUT2D eigenvalue weighted by Gasteiger charge is -2.36. The molecule has 27 heavy (non-hydrogen) atoms. The lowest BCUT2D eigenvalue weighted by Crippen LogP contribution is -2.53. The van der Waals surface area contributed by atoms with Crippen LogP contribution in [0.1, 0.15) is 49.8 Å². The normalized spacial score (nSPS) is 20.9. The van der Waals surface area contributed by atoms with Gasteiger partial charge < -0.3 is 15.1 Å². The average Bonchev–Trinajstić information content (AvgIpc) is 3.35. The largest absolute Gasteiger partial charge is 0.351 e. The fourth-order valence-electron chi connectivity index (χ4n) is 4.84. The summed E-state index contributed by atoms with van der Waals surface area (Å²) in [6.45, 7) is 3.14. The molecule has 3 aliphatic rings. The van der Waals surface area contributed by atoms with Crippen LogP contribution in [0.2, 0.25) is 0 Å². The van der Waals surface area contributed by atoms with Crippen molar-refractivity contribution in [2.24, 2.45) is 0 Å². The Labute approximate surface area is 159 Å². The molecule has 0 bridgehead atoms. The number of nitrogens with zero attached hydrogens (tertiary/aromatic N) is 5. The number of anilines is 1. The van der Waals surface area contributed by atoms with Gasteiger partial charge in [0.05, 0.1) is 5.69 Å². The van der Waals surface area contributed by atoms with Crippen molar-refractivity contribution in [2.75, 3.05) is 31.1 Å². The first-order valence-corrected chi connectivity index (χ1v) is 10.4. The van der Waals surface area contributed by atoms with E-state index in [0.717, 1.165) is 57.7 Å². The topological polar surface area (TPSA) is 65.8 Å². The predicted octanol–water partition coefficient (Wildman–Crippen LogP) is 2.38. The van der Waals surface area contributed by atoms with Crippen LogP contribution in [0.25, 0.3) is 5.52 Å². The second-order valence-corrected chi connectivity index (χ2v) is 8.08. The van der Waals surface area contributed by atoms with Crippen LogP contribution in [-0.2, 0) is 12.8 Å². The minimum atomic E-state index is 0.106. The number of urea groups is 1. The maximum atomic E-state index is 12.5. The van der Waals surface area contributed by atoms with E-state index in [0.29, 0.717) is 6.04 Å². The highest BCUT2D eigenvalue weighted by Gasteiger charge is 2.27. The second-order valence-electron chi connectivity index (χ2n) is 8.08. The highest BCUT2D eigenvalue weighted by molar-refractivity contribution is 5.76. The van der Waals surface area contributed by atoms with Gasteiger partial charge in [0, 0.05) is 50.2 Å². The van der Waals surface area contributed by atoms with Gasteiger partial charge >= 0.3 is 6.03 Å². The summed E-state index contributed by atoms with van der Waals surface area (Å²) in [6.07, 6.45) is 13.2. The average molecular weight is 368 g/mol. The summed E-state index contributed by atoms with van der Waals surface area (Å²) >= 11 is 0. The highest BCUT2D eigenvalue weighted by atomic mass is 16.2. The molecule has 7 nitrogen and oxygen atoms in total. The van der Waals surface area contributed by atoms with Crippen LogP contribution in [-0.4, -0.2) is 57.7 Å². The van der Waals surface area contributed by atoms with Gasteiger partial charge in [-0.25, -0.2) is 14.3 Å². The zero-order chi connectivity index (χ0) is 18.2. The van der Waals surface area contributed by atoms with E-state index in [1.807, 2.05) is 21.8 Å². The SMILES string of the molecule is O=C(NC1CCCC1)N1CCN(c2nccn3nc4c(c23)CCCC4)CC1. The van der Waals surface area contributed by atoms with Crippen molar-refractivity contribution in [1.82, 2.24) is 24.8 Å². The van der Waals surface area contributed by atoms with Crippen molar-refractivity contribution in [3.05, 3.63) is 23.7 Å². The number of aryl methyl sites for hydroxylation is 2. The fraction of sp³-hybridized carbons (Fsp3) is 0.650. The number of carbonyl (C=O) groups is 1. The fourth-order valence-corrected chi connectivity index (χ4v) is 4.84. The Morgan fingerprint density at radius 3 is 2.63 bits per heavy atom. The van der Waals surface area contributed by atoms with Crippen LogP contribution in [0.5, 0.6) is 0 Å². The molecule has 2 aliphatic carbocycles. The molecule has 0 spiro atoms. The number of rotatable bonds is 2. The molecule has 0 aromatic carbocycles. The molecule has 0 radical (unpaired) electrons. The van der Waals surface area contributed by atoms with Crippen LogP contribution in [0.3, 0.4) is 0 Å². The maximum Gasteiger partial charge on any atom is 0.317 e. The highest BCUT2D eigenvalue weighted by Crippen LogP contribution is 2.30. The molecular formula is C20H28N6O. The summed E-state index contributed by atoms with van der Waals surface area (Å²) in [5.41, 5.74) is 3.80. The molecule has 0 unspecified atom stereocenters. The van der Waals surface area contributed by atoms with Crippen molar-refractivity contribution < 1.29 is 4.79 Å². The van der Waals surface area contributed by atoms with Crippen molar-refractivity contribution in [3.63, 3.8) is 0 Å². The van der Waals surface area contributed by atoms with E-state index in [1.54, 1.807) is 0 Å². The van der Waals surface area contributed by atoms with Crippen LogP contribution in [0.4, 0.5) is 10.6 Å². The summed E-state index contributed by atoms with van der Waals surface area (Å²) in [4.78, 5) is 21.5. The smallest absolute Gasteiger partial charge is 0.317 e. The van der Waals surface area contributed by atoms with Crippen molar-refractivity contribution in [3.8, 4) is 0 Å². The number of nitrogens with one attached hydrogen (secondary N) is 1. The van der Waals surface area contributed by atoms with E-state index < -0.39 is 0 Å². The van der Waals surface area contributed by atoms with Crippen molar-refractivity contribution >= 4 is 17.4 Å². The monoisotopic (exact) mass is 368 g/mol. The zero-order valence-corrected chi connectivity index (χ0v) is 15.9. The number of amides is 2. The first kappa shape index (κ1) is 16.8. The van der Waals surface area contributed by atoms with Crippen LogP contribution < -0.4 is 10.2 Å². The second kappa shape index (κ2) is 7.02. The van der Waals surface area contributed by atoms with E-state index in [9.17, 15) is 4.79 Å². The first-order valence-electron chi connectivity index (χ1n) is 10.4. The quantitative estimate of drug-likeness (QED) is 0.884. The third kappa shape index (κ3) is 3.13. The Bertz CT molecular complexity index is 832. The summed E-state index contributed by atoms with van der Waals surface area (Å²) < 4.78 is 2.01. The van der Waals surface area contributed by atoms with Gasteiger partial charge in [0.1, 0.15) is 5.52 Å². The Morgan fingerprint density at radius 2 is 1.81 bits per heavy atom. The third-order valence-electron chi connectivity index (χ3n) is 6.35. The number of hydrogen-bond acceptors (Lipinski definition) is 4. The minimum Gasteiger partial charge on any atom is -0.351 e. The van der Waals surface area contributed by atoms with E-state index in [-0.39, 0.29) is 6.03 Å². The van der Waals surface area contributed by atoms with E-state index in [1.165, 1.54) is 42.5 Å². The van der Waals surface area contributed by atoms with Crippen LogP contribution in [0.15, 0.2) is 12.4 Å². The first-order chi connectivity index (χ1) is 13.3. The number of hydrogen-bond donors (Lipinski definition) is 1. The molecule has 2 fully saturated rings. The molecule has 1 N–H and O–H groups in total. The number of aromatic nitrogens is 3. The van der Waals surface area contributed by atoms with E-state index >= 15 is 0 Å². The molecule has 2 amide bonds. The molecule has 1 saturated carbocycles. The Balaban J connectivity index is 1.31. The summed E-state index contributed by atoms with van der Waals surface area (Å²) in [5, 5.41) is 7.99. The Kier molecular flexibility index (Phi) is 4.38. The van der Waals surface area contributed by atoms with Crippen LogP contribution >= 0.6 is 0 Å².